The Labute approximate surface area is 148 Å². The van der Waals surface area contributed by atoms with Gasteiger partial charge in [-0.1, -0.05) is 12.1 Å². The van der Waals surface area contributed by atoms with E-state index >= 15 is 0 Å². The maximum atomic E-state index is 13.5. The van der Waals surface area contributed by atoms with E-state index in [0.29, 0.717) is 0 Å². The van der Waals surface area contributed by atoms with E-state index in [4.69, 9.17) is 0 Å². The predicted molar refractivity (Wildman–Crippen MR) is 98.3 cm³/mol. The van der Waals surface area contributed by atoms with Crippen LogP contribution in [0.4, 0.5) is 4.39 Å². The van der Waals surface area contributed by atoms with Crippen molar-refractivity contribution < 1.29 is 4.39 Å². The molecule has 0 amide bonds. The van der Waals surface area contributed by atoms with Crippen LogP contribution in [0.2, 0.25) is 0 Å². The van der Waals surface area contributed by atoms with Gasteiger partial charge in [0.05, 0.1) is 6.20 Å². The second-order valence-corrected chi connectivity index (χ2v) is 6.78. The van der Waals surface area contributed by atoms with Gasteiger partial charge in [0, 0.05) is 38.3 Å². The Bertz CT molecular complexity index is 733. The third kappa shape index (κ3) is 4.59. The lowest BCUT2D eigenvalue weighted by Gasteiger charge is -2.19. The Morgan fingerprint density at radius 3 is 2.84 bits per heavy atom. The third-order valence-electron chi connectivity index (χ3n) is 4.73. The van der Waals surface area contributed by atoms with E-state index in [2.05, 4.69) is 20.7 Å². The number of aromatic nitrogens is 2. The maximum absolute atomic E-state index is 13.5. The van der Waals surface area contributed by atoms with Crippen LogP contribution in [0.5, 0.6) is 0 Å². The van der Waals surface area contributed by atoms with Crippen LogP contribution in [-0.4, -0.2) is 35.9 Å². The molecule has 1 aromatic heterocycles. The van der Waals surface area contributed by atoms with Crippen LogP contribution in [0.3, 0.4) is 0 Å². The molecule has 3 rings (SSSR count). The molecule has 0 bridgehead atoms. The molecule has 1 heterocycles. The van der Waals surface area contributed by atoms with Crippen molar-refractivity contribution in [3.8, 4) is 0 Å². The Morgan fingerprint density at radius 2 is 2.20 bits per heavy atom. The van der Waals surface area contributed by atoms with Crippen LogP contribution in [0.25, 0.3) is 0 Å². The first-order chi connectivity index (χ1) is 12.1. The van der Waals surface area contributed by atoms with E-state index in [1.807, 2.05) is 30.1 Å². The fourth-order valence-electron chi connectivity index (χ4n) is 3.05. The van der Waals surface area contributed by atoms with Gasteiger partial charge < -0.3 is 10.6 Å². The highest BCUT2D eigenvalue weighted by Gasteiger charge is 2.44. The summed E-state index contributed by atoms with van der Waals surface area (Å²) in [7, 11) is 1.77. The highest BCUT2D eigenvalue weighted by Crippen LogP contribution is 2.47. The van der Waals surface area contributed by atoms with Gasteiger partial charge in [-0.2, -0.15) is 5.10 Å². The summed E-state index contributed by atoms with van der Waals surface area (Å²) in [6, 6.07) is 6.94. The van der Waals surface area contributed by atoms with Crippen LogP contribution in [0.1, 0.15) is 30.4 Å². The first-order valence-electron chi connectivity index (χ1n) is 8.81. The van der Waals surface area contributed by atoms with E-state index in [9.17, 15) is 4.39 Å². The van der Waals surface area contributed by atoms with Gasteiger partial charge >= 0.3 is 0 Å². The first kappa shape index (κ1) is 17.5. The minimum atomic E-state index is -0.167. The summed E-state index contributed by atoms with van der Waals surface area (Å²) < 4.78 is 15.4. The fraction of sp³-hybridized carbons (Fsp3) is 0.474. The van der Waals surface area contributed by atoms with Crippen molar-refractivity contribution in [1.82, 2.24) is 20.4 Å². The summed E-state index contributed by atoms with van der Waals surface area (Å²) in [5, 5.41) is 11.0. The average Bonchev–Trinajstić information content (AvgIpc) is 3.29. The van der Waals surface area contributed by atoms with Gasteiger partial charge in [-0.05, 0) is 49.4 Å². The molecule has 2 aromatic rings. The highest BCUT2D eigenvalue weighted by atomic mass is 19.1. The maximum Gasteiger partial charge on any atom is 0.191 e. The lowest BCUT2D eigenvalue weighted by molar-refractivity contribution is 0.566. The van der Waals surface area contributed by atoms with Crippen molar-refractivity contribution in [2.24, 2.45) is 4.99 Å². The lowest BCUT2D eigenvalue weighted by atomic mass is 9.96. The summed E-state index contributed by atoms with van der Waals surface area (Å²) in [4.78, 5) is 4.28. The van der Waals surface area contributed by atoms with Crippen LogP contribution in [0.15, 0.2) is 41.7 Å². The SMILES string of the molecule is CN=C(NCCCn1cc(C)cn1)NCC1(c2cccc(F)c2)CC1. The topological polar surface area (TPSA) is 54.2 Å². The summed E-state index contributed by atoms with van der Waals surface area (Å²) >= 11 is 0. The summed E-state index contributed by atoms with van der Waals surface area (Å²) in [5.41, 5.74) is 2.30. The number of hydrogen-bond donors (Lipinski definition) is 2. The Morgan fingerprint density at radius 1 is 1.36 bits per heavy atom. The second kappa shape index (κ2) is 7.68. The van der Waals surface area contributed by atoms with Gasteiger partial charge in [0.15, 0.2) is 5.96 Å². The monoisotopic (exact) mass is 343 g/mol. The van der Waals surface area contributed by atoms with Gasteiger partial charge in [-0.15, -0.1) is 0 Å². The zero-order chi connectivity index (χ0) is 17.7. The number of aliphatic imine (C=N–C) groups is 1. The van der Waals surface area contributed by atoms with Gasteiger partial charge in [-0.25, -0.2) is 4.39 Å². The molecule has 2 N–H and O–H groups in total. The molecule has 134 valence electrons. The van der Waals surface area contributed by atoms with Gasteiger partial charge in [0.25, 0.3) is 0 Å². The molecule has 6 heteroatoms. The summed E-state index contributed by atoms with van der Waals surface area (Å²) in [5.74, 6) is 0.625. The van der Waals surface area contributed by atoms with E-state index in [-0.39, 0.29) is 11.2 Å². The molecule has 0 atom stereocenters. The van der Waals surface area contributed by atoms with E-state index < -0.39 is 0 Å². The van der Waals surface area contributed by atoms with Gasteiger partial charge in [-0.3, -0.25) is 9.67 Å². The quantitative estimate of drug-likeness (QED) is 0.462. The zero-order valence-corrected chi connectivity index (χ0v) is 14.9. The lowest BCUT2D eigenvalue weighted by Crippen LogP contribution is -2.41. The van der Waals surface area contributed by atoms with Crippen LogP contribution in [0, 0.1) is 12.7 Å². The van der Waals surface area contributed by atoms with E-state index in [1.165, 1.54) is 11.6 Å². The largest absolute Gasteiger partial charge is 0.356 e. The molecule has 1 fully saturated rings. The second-order valence-electron chi connectivity index (χ2n) is 6.78. The number of guanidine groups is 1. The Balaban J connectivity index is 1.43. The van der Waals surface area contributed by atoms with Crippen molar-refractivity contribution in [2.45, 2.75) is 38.1 Å². The number of hydrogen-bond acceptors (Lipinski definition) is 2. The van der Waals surface area contributed by atoms with Crippen molar-refractivity contribution in [1.29, 1.82) is 0 Å². The van der Waals surface area contributed by atoms with Crippen LogP contribution in [-0.2, 0) is 12.0 Å². The first-order valence-corrected chi connectivity index (χ1v) is 8.81. The zero-order valence-electron chi connectivity index (χ0n) is 14.9. The number of halogens is 1. The number of nitrogens with zero attached hydrogens (tertiary/aromatic N) is 3. The van der Waals surface area contributed by atoms with Crippen molar-refractivity contribution in [3.05, 3.63) is 53.6 Å². The van der Waals surface area contributed by atoms with Crippen LogP contribution >= 0.6 is 0 Å². The molecule has 25 heavy (non-hydrogen) atoms. The standard InChI is InChI=1S/C19H26FN5/c1-15-12-24-25(13-15)10-4-9-22-18(21-2)23-14-19(7-8-19)16-5-3-6-17(20)11-16/h3,5-6,11-13H,4,7-10,14H2,1-2H3,(H2,21,22,23). The summed E-state index contributed by atoms with van der Waals surface area (Å²) in [6.07, 6.45) is 7.05. The Hall–Kier alpha value is -2.37. The Kier molecular flexibility index (Phi) is 5.36. The van der Waals surface area contributed by atoms with E-state index in [1.54, 1.807) is 19.2 Å². The molecule has 1 aliphatic rings. The summed E-state index contributed by atoms with van der Waals surface area (Å²) in [6.45, 7) is 4.52. The predicted octanol–water partition coefficient (Wildman–Crippen LogP) is 2.62. The smallest absolute Gasteiger partial charge is 0.191 e. The third-order valence-corrected chi connectivity index (χ3v) is 4.73. The van der Waals surface area contributed by atoms with Crippen LogP contribution < -0.4 is 10.6 Å². The molecule has 0 unspecified atom stereocenters. The normalized spacial score (nSPS) is 15.9. The average molecular weight is 343 g/mol. The highest BCUT2D eigenvalue weighted by molar-refractivity contribution is 5.79. The molecule has 1 aromatic carbocycles. The molecule has 0 spiro atoms. The van der Waals surface area contributed by atoms with Crippen molar-refractivity contribution >= 4 is 5.96 Å². The molecule has 1 saturated carbocycles. The molecular formula is C19H26FN5. The minimum Gasteiger partial charge on any atom is -0.356 e. The minimum absolute atomic E-state index is 0.0479. The van der Waals surface area contributed by atoms with Crippen molar-refractivity contribution in [2.75, 3.05) is 20.1 Å². The fourth-order valence-corrected chi connectivity index (χ4v) is 3.05. The molecule has 0 radical (unpaired) electrons. The molecular weight excluding hydrogens is 317 g/mol. The van der Waals surface area contributed by atoms with Crippen molar-refractivity contribution in [3.63, 3.8) is 0 Å². The van der Waals surface area contributed by atoms with E-state index in [0.717, 1.165) is 50.4 Å². The molecule has 0 saturated heterocycles. The van der Waals surface area contributed by atoms with Gasteiger partial charge in [0.2, 0.25) is 0 Å². The van der Waals surface area contributed by atoms with Gasteiger partial charge in [0.1, 0.15) is 5.82 Å². The number of nitrogens with one attached hydrogen (secondary N) is 2. The number of benzene rings is 1. The molecule has 0 aliphatic heterocycles. The molecule has 1 aliphatic carbocycles. The number of rotatable bonds is 7. The number of aryl methyl sites for hydroxylation is 2. The molecule has 5 nitrogen and oxygen atoms in total.